The molecule has 0 saturated carbocycles. The highest BCUT2D eigenvalue weighted by atomic mass is 35.5. The smallest absolute Gasteiger partial charge is 0.0576 e. The standard InChI is InChI=1S/C16H17ClN2/c17-13-8-6-12(7-9-13)11-14-3-1-4-16(19-14)15-5-2-10-18-15/h1,3-4,6-9,15,18H,2,5,10-11H2/t15-/m0/s1. The van der Waals surface area contributed by atoms with Gasteiger partial charge >= 0.3 is 0 Å². The summed E-state index contributed by atoms with van der Waals surface area (Å²) in [7, 11) is 0. The van der Waals surface area contributed by atoms with Crippen molar-refractivity contribution in [2.24, 2.45) is 0 Å². The molecule has 1 aromatic carbocycles. The molecule has 0 radical (unpaired) electrons. The van der Waals surface area contributed by atoms with E-state index >= 15 is 0 Å². The van der Waals surface area contributed by atoms with E-state index in [2.05, 4.69) is 35.6 Å². The Labute approximate surface area is 118 Å². The number of rotatable bonds is 3. The highest BCUT2D eigenvalue weighted by Crippen LogP contribution is 2.22. The molecule has 1 atom stereocenters. The fraction of sp³-hybridized carbons (Fsp3) is 0.312. The fourth-order valence-electron chi connectivity index (χ4n) is 2.54. The van der Waals surface area contributed by atoms with Gasteiger partial charge in [-0.15, -0.1) is 0 Å². The summed E-state index contributed by atoms with van der Waals surface area (Å²) in [5.41, 5.74) is 3.53. The van der Waals surface area contributed by atoms with Crippen LogP contribution in [0, 0.1) is 0 Å². The Balaban J connectivity index is 1.77. The van der Waals surface area contributed by atoms with Crippen LogP contribution in [-0.4, -0.2) is 11.5 Å². The average molecular weight is 273 g/mol. The van der Waals surface area contributed by atoms with Crippen LogP contribution in [0.3, 0.4) is 0 Å². The molecule has 0 bridgehead atoms. The minimum absolute atomic E-state index is 0.435. The molecule has 0 aliphatic carbocycles. The molecule has 1 aliphatic heterocycles. The highest BCUT2D eigenvalue weighted by Gasteiger charge is 2.17. The van der Waals surface area contributed by atoms with Crippen molar-refractivity contribution in [3.8, 4) is 0 Å². The van der Waals surface area contributed by atoms with Crippen molar-refractivity contribution < 1.29 is 0 Å². The highest BCUT2D eigenvalue weighted by molar-refractivity contribution is 6.30. The lowest BCUT2D eigenvalue weighted by Crippen LogP contribution is -2.14. The van der Waals surface area contributed by atoms with Crippen molar-refractivity contribution in [3.05, 3.63) is 64.4 Å². The minimum Gasteiger partial charge on any atom is -0.309 e. The summed E-state index contributed by atoms with van der Waals surface area (Å²) in [6, 6.07) is 14.7. The van der Waals surface area contributed by atoms with Gasteiger partial charge in [0.05, 0.1) is 5.69 Å². The molecule has 1 saturated heterocycles. The van der Waals surface area contributed by atoms with Crippen LogP contribution in [0.15, 0.2) is 42.5 Å². The van der Waals surface area contributed by atoms with Gasteiger partial charge < -0.3 is 5.32 Å². The van der Waals surface area contributed by atoms with Crippen LogP contribution < -0.4 is 5.32 Å². The van der Waals surface area contributed by atoms with Crippen LogP contribution in [0.2, 0.25) is 5.02 Å². The van der Waals surface area contributed by atoms with Crippen molar-refractivity contribution in [2.45, 2.75) is 25.3 Å². The number of hydrogen-bond donors (Lipinski definition) is 1. The molecule has 19 heavy (non-hydrogen) atoms. The van der Waals surface area contributed by atoms with Gasteiger partial charge in [0.15, 0.2) is 0 Å². The Morgan fingerprint density at radius 2 is 2.00 bits per heavy atom. The van der Waals surface area contributed by atoms with Crippen LogP contribution in [0.5, 0.6) is 0 Å². The van der Waals surface area contributed by atoms with Crippen LogP contribution in [0.25, 0.3) is 0 Å². The average Bonchev–Trinajstić information content (AvgIpc) is 2.96. The zero-order valence-corrected chi connectivity index (χ0v) is 11.5. The van der Waals surface area contributed by atoms with E-state index < -0.39 is 0 Å². The maximum atomic E-state index is 5.90. The molecule has 1 fully saturated rings. The van der Waals surface area contributed by atoms with Gasteiger partial charge in [-0.2, -0.15) is 0 Å². The van der Waals surface area contributed by atoms with Gasteiger partial charge in [0, 0.05) is 23.2 Å². The molecule has 1 N–H and O–H groups in total. The SMILES string of the molecule is Clc1ccc(Cc2cccc([C@@H]3CCCN3)n2)cc1. The number of aromatic nitrogens is 1. The summed E-state index contributed by atoms with van der Waals surface area (Å²) in [6.07, 6.45) is 3.29. The van der Waals surface area contributed by atoms with E-state index in [1.165, 1.54) is 24.1 Å². The summed E-state index contributed by atoms with van der Waals surface area (Å²) >= 11 is 5.90. The summed E-state index contributed by atoms with van der Waals surface area (Å²) in [5.74, 6) is 0. The van der Waals surface area contributed by atoms with E-state index in [4.69, 9.17) is 16.6 Å². The van der Waals surface area contributed by atoms with Gasteiger partial charge in [0.2, 0.25) is 0 Å². The van der Waals surface area contributed by atoms with Crippen molar-refractivity contribution in [2.75, 3.05) is 6.54 Å². The Morgan fingerprint density at radius 1 is 1.16 bits per heavy atom. The number of pyridine rings is 1. The molecule has 0 spiro atoms. The number of hydrogen-bond acceptors (Lipinski definition) is 2. The zero-order valence-electron chi connectivity index (χ0n) is 10.8. The number of halogens is 1. The molecule has 1 aromatic heterocycles. The first-order valence-electron chi connectivity index (χ1n) is 6.75. The van der Waals surface area contributed by atoms with Crippen molar-refractivity contribution in [3.63, 3.8) is 0 Å². The lowest BCUT2D eigenvalue weighted by Gasteiger charge is -2.11. The molecule has 2 aromatic rings. The molecule has 3 heteroatoms. The second-order valence-corrected chi connectivity index (χ2v) is 5.44. The second kappa shape index (κ2) is 5.72. The van der Waals surface area contributed by atoms with Gasteiger partial charge in [0.25, 0.3) is 0 Å². The molecular weight excluding hydrogens is 256 g/mol. The maximum absolute atomic E-state index is 5.90. The predicted octanol–water partition coefficient (Wildman–Crippen LogP) is 3.75. The van der Waals surface area contributed by atoms with Crippen molar-refractivity contribution in [1.29, 1.82) is 0 Å². The van der Waals surface area contributed by atoms with Crippen LogP contribution in [-0.2, 0) is 6.42 Å². The fourth-order valence-corrected chi connectivity index (χ4v) is 2.67. The van der Waals surface area contributed by atoms with E-state index in [1.54, 1.807) is 0 Å². The first-order valence-corrected chi connectivity index (χ1v) is 7.13. The summed E-state index contributed by atoms with van der Waals surface area (Å²) in [5, 5.41) is 4.27. The molecule has 98 valence electrons. The largest absolute Gasteiger partial charge is 0.309 e. The van der Waals surface area contributed by atoms with Crippen LogP contribution >= 0.6 is 11.6 Å². The lowest BCUT2D eigenvalue weighted by atomic mass is 10.1. The number of nitrogens with one attached hydrogen (secondary N) is 1. The first-order chi connectivity index (χ1) is 9.31. The second-order valence-electron chi connectivity index (χ2n) is 5.01. The van der Waals surface area contributed by atoms with E-state index in [-0.39, 0.29) is 0 Å². The van der Waals surface area contributed by atoms with Gasteiger partial charge in [-0.3, -0.25) is 4.98 Å². The summed E-state index contributed by atoms with van der Waals surface area (Å²) in [4.78, 5) is 4.78. The monoisotopic (exact) mass is 272 g/mol. The van der Waals surface area contributed by atoms with E-state index in [0.717, 1.165) is 23.7 Å². The third kappa shape index (κ3) is 3.14. The zero-order chi connectivity index (χ0) is 13.1. The molecule has 3 rings (SSSR count). The molecule has 1 aliphatic rings. The normalized spacial score (nSPS) is 18.7. The van der Waals surface area contributed by atoms with Crippen LogP contribution in [0.4, 0.5) is 0 Å². The third-order valence-corrected chi connectivity index (χ3v) is 3.80. The minimum atomic E-state index is 0.435. The summed E-state index contributed by atoms with van der Waals surface area (Å²) in [6.45, 7) is 1.10. The third-order valence-electron chi connectivity index (χ3n) is 3.54. The Morgan fingerprint density at radius 3 is 2.74 bits per heavy atom. The Hall–Kier alpha value is -1.38. The van der Waals surface area contributed by atoms with Gasteiger partial charge in [-0.05, 0) is 49.2 Å². The van der Waals surface area contributed by atoms with Crippen molar-refractivity contribution in [1.82, 2.24) is 10.3 Å². The van der Waals surface area contributed by atoms with Gasteiger partial charge in [-0.25, -0.2) is 0 Å². The quantitative estimate of drug-likeness (QED) is 0.920. The number of benzene rings is 1. The maximum Gasteiger partial charge on any atom is 0.0576 e. The van der Waals surface area contributed by atoms with Gasteiger partial charge in [0.1, 0.15) is 0 Å². The Bertz CT molecular complexity index is 545. The van der Waals surface area contributed by atoms with E-state index in [0.29, 0.717) is 6.04 Å². The topological polar surface area (TPSA) is 24.9 Å². The Kier molecular flexibility index (Phi) is 3.81. The van der Waals surface area contributed by atoms with Crippen molar-refractivity contribution >= 4 is 11.6 Å². The molecular formula is C16H17ClN2. The first kappa shape index (κ1) is 12.6. The number of nitrogens with zero attached hydrogens (tertiary/aromatic N) is 1. The molecule has 2 nitrogen and oxygen atoms in total. The molecule has 0 amide bonds. The predicted molar refractivity (Wildman–Crippen MR) is 78.5 cm³/mol. The molecule has 2 heterocycles. The van der Waals surface area contributed by atoms with E-state index in [9.17, 15) is 0 Å². The van der Waals surface area contributed by atoms with E-state index in [1.807, 2.05) is 12.1 Å². The van der Waals surface area contributed by atoms with Gasteiger partial charge in [-0.1, -0.05) is 29.8 Å². The van der Waals surface area contributed by atoms with Crippen LogP contribution in [0.1, 0.15) is 35.8 Å². The summed E-state index contributed by atoms with van der Waals surface area (Å²) < 4.78 is 0. The molecule has 0 unspecified atom stereocenters. The lowest BCUT2D eigenvalue weighted by molar-refractivity contribution is 0.625.